The molecule has 0 saturated carbocycles. The zero-order valence-electron chi connectivity index (χ0n) is 10.3. The molecule has 2 N–H and O–H groups in total. The van der Waals surface area contributed by atoms with E-state index in [0.717, 1.165) is 32.1 Å². The summed E-state index contributed by atoms with van der Waals surface area (Å²) in [6.45, 7) is 6.65. The number of aliphatic hydroxyl groups excluding tert-OH is 1. The Labute approximate surface area is 93.3 Å². The first-order valence-electron chi connectivity index (χ1n) is 6.11. The summed E-state index contributed by atoms with van der Waals surface area (Å²) >= 11 is 0. The molecule has 90 valence electrons. The second-order valence-electron chi connectivity index (χ2n) is 3.99. The minimum Gasteiger partial charge on any atom is -0.393 e. The van der Waals surface area contributed by atoms with Gasteiger partial charge in [-0.2, -0.15) is 0 Å². The molecule has 3 nitrogen and oxygen atoms in total. The summed E-state index contributed by atoms with van der Waals surface area (Å²) in [5.74, 6) is 0.278. The topological polar surface area (TPSA) is 49.3 Å². The molecule has 0 aliphatic heterocycles. The van der Waals surface area contributed by atoms with Gasteiger partial charge in [0.1, 0.15) is 0 Å². The first kappa shape index (κ1) is 14.4. The molecule has 3 heteroatoms. The third kappa shape index (κ3) is 6.50. The van der Waals surface area contributed by atoms with E-state index >= 15 is 0 Å². The van der Waals surface area contributed by atoms with E-state index in [-0.39, 0.29) is 17.9 Å². The average Bonchev–Trinajstić information content (AvgIpc) is 2.24. The molecular weight excluding hydrogens is 190 g/mol. The highest BCUT2D eigenvalue weighted by Gasteiger charge is 2.15. The average molecular weight is 215 g/mol. The van der Waals surface area contributed by atoms with Crippen LogP contribution in [0, 0.1) is 5.92 Å². The zero-order valence-corrected chi connectivity index (χ0v) is 10.3. The maximum Gasteiger partial charge on any atom is 0.223 e. The monoisotopic (exact) mass is 215 g/mol. The Morgan fingerprint density at radius 2 is 1.87 bits per heavy atom. The summed E-state index contributed by atoms with van der Waals surface area (Å²) in [5.41, 5.74) is 0. The number of hydrogen-bond acceptors (Lipinski definition) is 2. The number of rotatable bonds is 8. The third-order valence-corrected chi connectivity index (χ3v) is 2.78. The predicted octanol–water partition coefficient (Wildman–Crippen LogP) is 2.09. The van der Waals surface area contributed by atoms with E-state index in [4.69, 9.17) is 0 Å². The van der Waals surface area contributed by atoms with Crippen molar-refractivity contribution in [2.45, 2.75) is 59.0 Å². The summed E-state index contributed by atoms with van der Waals surface area (Å²) in [6.07, 6.45) is 4.12. The normalized spacial score (nSPS) is 14.7. The van der Waals surface area contributed by atoms with Gasteiger partial charge in [-0.3, -0.25) is 4.79 Å². The Bertz CT molecular complexity index is 171. The number of carbonyl (C=O) groups is 1. The van der Waals surface area contributed by atoms with E-state index in [1.54, 1.807) is 0 Å². The number of amides is 1. The van der Waals surface area contributed by atoms with Crippen LogP contribution in [-0.4, -0.2) is 23.7 Å². The van der Waals surface area contributed by atoms with E-state index in [2.05, 4.69) is 5.32 Å². The lowest BCUT2D eigenvalue weighted by Gasteiger charge is -2.15. The molecule has 0 aliphatic carbocycles. The van der Waals surface area contributed by atoms with Gasteiger partial charge in [-0.15, -0.1) is 0 Å². The fraction of sp³-hybridized carbons (Fsp3) is 0.917. The minimum absolute atomic E-state index is 0.119. The van der Waals surface area contributed by atoms with Crippen LogP contribution in [0.15, 0.2) is 0 Å². The Balaban J connectivity index is 3.74. The maximum atomic E-state index is 11.5. The molecule has 0 fully saturated rings. The molecule has 0 aromatic heterocycles. The Morgan fingerprint density at radius 1 is 1.20 bits per heavy atom. The van der Waals surface area contributed by atoms with E-state index in [0.29, 0.717) is 6.54 Å². The second-order valence-corrected chi connectivity index (χ2v) is 3.99. The standard InChI is InChI=1S/C12H25NO2/c1-4-10(12(15)13-6-3)8-7-9-11(14)5-2/h10-11,14H,4-9H2,1-3H3,(H,13,15). The van der Waals surface area contributed by atoms with Crippen molar-refractivity contribution in [1.82, 2.24) is 5.32 Å². The van der Waals surface area contributed by atoms with Gasteiger partial charge in [0.05, 0.1) is 6.10 Å². The number of carbonyl (C=O) groups excluding carboxylic acids is 1. The van der Waals surface area contributed by atoms with Crippen LogP contribution >= 0.6 is 0 Å². The van der Waals surface area contributed by atoms with Crippen molar-refractivity contribution in [2.75, 3.05) is 6.54 Å². The molecular formula is C12H25NO2. The minimum atomic E-state index is -0.197. The SMILES string of the molecule is CCNC(=O)C(CC)CCCC(O)CC. The van der Waals surface area contributed by atoms with Crippen LogP contribution in [0.1, 0.15) is 52.9 Å². The second kappa shape index (κ2) is 8.72. The van der Waals surface area contributed by atoms with Gasteiger partial charge in [-0.25, -0.2) is 0 Å². The van der Waals surface area contributed by atoms with Crippen molar-refractivity contribution in [2.24, 2.45) is 5.92 Å². The van der Waals surface area contributed by atoms with Crippen LogP contribution in [0.4, 0.5) is 0 Å². The fourth-order valence-electron chi connectivity index (χ4n) is 1.64. The van der Waals surface area contributed by atoms with Crippen molar-refractivity contribution >= 4 is 5.91 Å². The van der Waals surface area contributed by atoms with Crippen LogP contribution in [-0.2, 0) is 4.79 Å². The largest absolute Gasteiger partial charge is 0.393 e. The van der Waals surface area contributed by atoms with E-state index < -0.39 is 0 Å². The van der Waals surface area contributed by atoms with Gasteiger partial charge in [-0.1, -0.05) is 20.3 Å². The smallest absolute Gasteiger partial charge is 0.223 e. The lowest BCUT2D eigenvalue weighted by Crippen LogP contribution is -2.30. The number of aliphatic hydroxyl groups is 1. The molecule has 15 heavy (non-hydrogen) atoms. The van der Waals surface area contributed by atoms with E-state index in [1.165, 1.54) is 0 Å². The summed E-state index contributed by atoms with van der Waals surface area (Å²) in [5, 5.41) is 12.2. The molecule has 0 bridgehead atoms. The number of nitrogens with one attached hydrogen (secondary N) is 1. The van der Waals surface area contributed by atoms with Gasteiger partial charge < -0.3 is 10.4 Å². The van der Waals surface area contributed by atoms with Crippen molar-refractivity contribution in [3.8, 4) is 0 Å². The molecule has 0 aromatic rings. The van der Waals surface area contributed by atoms with Crippen LogP contribution in [0.2, 0.25) is 0 Å². The molecule has 0 aliphatic rings. The van der Waals surface area contributed by atoms with E-state index in [9.17, 15) is 9.90 Å². The summed E-state index contributed by atoms with van der Waals surface area (Å²) < 4.78 is 0. The molecule has 0 heterocycles. The lowest BCUT2D eigenvalue weighted by molar-refractivity contribution is -0.125. The maximum absolute atomic E-state index is 11.5. The number of hydrogen-bond donors (Lipinski definition) is 2. The highest BCUT2D eigenvalue weighted by atomic mass is 16.3. The Hall–Kier alpha value is -0.570. The molecule has 0 saturated heterocycles. The van der Waals surface area contributed by atoms with Crippen molar-refractivity contribution in [3.05, 3.63) is 0 Å². The van der Waals surface area contributed by atoms with E-state index in [1.807, 2.05) is 20.8 Å². The Kier molecular flexibility index (Phi) is 8.38. The van der Waals surface area contributed by atoms with Gasteiger partial charge in [0.15, 0.2) is 0 Å². The highest BCUT2D eigenvalue weighted by Crippen LogP contribution is 2.14. The Morgan fingerprint density at radius 3 is 2.33 bits per heavy atom. The quantitative estimate of drug-likeness (QED) is 0.651. The summed E-state index contributed by atoms with van der Waals surface area (Å²) in [6, 6.07) is 0. The molecule has 0 aromatic carbocycles. The van der Waals surface area contributed by atoms with Gasteiger partial charge in [0, 0.05) is 12.5 Å². The molecule has 0 spiro atoms. The summed E-state index contributed by atoms with van der Waals surface area (Å²) in [4.78, 5) is 11.5. The molecule has 0 radical (unpaired) electrons. The van der Waals surface area contributed by atoms with Crippen LogP contribution < -0.4 is 5.32 Å². The molecule has 0 rings (SSSR count). The predicted molar refractivity (Wildman–Crippen MR) is 62.6 cm³/mol. The van der Waals surface area contributed by atoms with Crippen molar-refractivity contribution in [1.29, 1.82) is 0 Å². The summed E-state index contributed by atoms with van der Waals surface area (Å²) in [7, 11) is 0. The van der Waals surface area contributed by atoms with Crippen LogP contribution in [0.3, 0.4) is 0 Å². The third-order valence-electron chi connectivity index (χ3n) is 2.78. The molecule has 2 unspecified atom stereocenters. The van der Waals surface area contributed by atoms with Crippen molar-refractivity contribution in [3.63, 3.8) is 0 Å². The molecule has 2 atom stereocenters. The first-order valence-corrected chi connectivity index (χ1v) is 6.11. The van der Waals surface area contributed by atoms with Gasteiger partial charge in [0.25, 0.3) is 0 Å². The lowest BCUT2D eigenvalue weighted by atomic mass is 9.97. The first-order chi connectivity index (χ1) is 7.15. The van der Waals surface area contributed by atoms with Crippen molar-refractivity contribution < 1.29 is 9.90 Å². The van der Waals surface area contributed by atoms with Gasteiger partial charge >= 0.3 is 0 Å². The van der Waals surface area contributed by atoms with Crippen LogP contribution in [0.25, 0.3) is 0 Å². The van der Waals surface area contributed by atoms with Gasteiger partial charge in [-0.05, 0) is 32.6 Å². The zero-order chi connectivity index (χ0) is 11.7. The van der Waals surface area contributed by atoms with Crippen LogP contribution in [0.5, 0.6) is 0 Å². The fourth-order valence-corrected chi connectivity index (χ4v) is 1.64. The highest BCUT2D eigenvalue weighted by molar-refractivity contribution is 5.78. The molecule has 1 amide bonds. The van der Waals surface area contributed by atoms with Gasteiger partial charge in [0.2, 0.25) is 5.91 Å².